The minimum absolute atomic E-state index is 0. The first-order chi connectivity index (χ1) is 29.1. The molecular formula is C34H63N8O17P3S. The quantitative estimate of drug-likeness (QED) is 0.0397. The topological polar surface area (TPSA) is 399 Å². The number of nitrogens with one attached hydrogen (secondary N) is 2. The number of hydrogen-bond acceptors (Lipinski definition) is 19. The molecular weight excluding hydrogens is 917 g/mol. The number of aromatic nitrogens is 4. The van der Waals surface area contributed by atoms with Crippen molar-refractivity contribution in [1.82, 2.24) is 36.3 Å². The third-order valence-electron chi connectivity index (χ3n) is 9.50. The highest BCUT2D eigenvalue weighted by atomic mass is 32.2. The number of carbonyl (C=O) groups excluding carboxylic acids is 3. The SMILES string of the molecule is CCCCCCCCCCCCC(=O)SCCNC(=O)CCNC(=O)C(O)C(C)(C)COP(=O)(O)OP(=O)(O)OCC1OC(n2cnc3c(N)ncnc32)C(O)C1OP(=O)(O)O.N. The smallest absolute Gasteiger partial charge is 0.386 e. The first-order valence-corrected chi connectivity index (χ1v) is 25.6. The van der Waals surface area contributed by atoms with Gasteiger partial charge in [0.05, 0.1) is 19.5 Å². The van der Waals surface area contributed by atoms with E-state index in [0.717, 1.165) is 48.2 Å². The van der Waals surface area contributed by atoms with Crippen molar-refractivity contribution in [3.8, 4) is 0 Å². The van der Waals surface area contributed by atoms with Crippen LogP contribution in [-0.2, 0) is 50.7 Å². The lowest BCUT2D eigenvalue weighted by Crippen LogP contribution is -2.46. The van der Waals surface area contributed by atoms with Crippen molar-refractivity contribution in [3.05, 3.63) is 12.7 Å². The average Bonchev–Trinajstić information content (AvgIpc) is 3.75. The molecule has 0 aliphatic carbocycles. The number of aliphatic hydroxyl groups excluding tert-OH is 2. The van der Waals surface area contributed by atoms with Gasteiger partial charge in [0.2, 0.25) is 11.8 Å². The van der Waals surface area contributed by atoms with Crippen LogP contribution < -0.4 is 22.5 Å². The van der Waals surface area contributed by atoms with Crippen LogP contribution in [0.1, 0.15) is 104 Å². The molecule has 1 aliphatic heterocycles. The Morgan fingerprint density at radius 3 is 2.17 bits per heavy atom. The van der Waals surface area contributed by atoms with Gasteiger partial charge >= 0.3 is 23.5 Å². The summed E-state index contributed by atoms with van der Waals surface area (Å²) in [7, 11) is -16.4. The van der Waals surface area contributed by atoms with Gasteiger partial charge in [-0.05, 0) is 6.42 Å². The Morgan fingerprint density at radius 1 is 0.921 bits per heavy atom. The number of thioether (sulfide) groups is 1. The highest BCUT2D eigenvalue weighted by Crippen LogP contribution is 2.61. The summed E-state index contributed by atoms with van der Waals surface area (Å²) in [5.41, 5.74) is 4.28. The molecule has 3 rings (SSSR count). The maximum absolute atomic E-state index is 12.7. The summed E-state index contributed by atoms with van der Waals surface area (Å²) in [5.74, 6) is -1.02. The number of carbonyl (C=O) groups is 3. The van der Waals surface area contributed by atoms with E-state index in [2.05, 4.69) is 41.3 Å². The van der Waals surface area contributed by atoms with E-state index in [1.807, 2.05) is 0 Å². The highest BCUT2D eigenvalue weighted by molar-refractivity contribution is 8.13. The van der Waals surface area contributed by atoms with Crippen LogP contribution in [0.2, 0.25) is 0 Å². The van der Waals surface area contributed by atoms with Crippen LogP contribution in [0.15, 0.2) is 12.7 Å². The molecule has 0 aromatic carbocycles. The van der Waals surface area contributed by atoms with Gasteiger partial charge < -0.3 is 57.0 Å². The maximum atomic E-state index is 12.7. The van der Waals surface area contributed by atoms with Gasteiger partial charge in [-0.3, -0.25) is 32.5 Å². The normalized spacial score (nSPS) is 20.4. The zero-order chi connectivity index (χ0) is 46.1. The monoisotopic (exact) mass is 980 g/mol. The minimum atomic E-state index is -5.57. The second-order valence-corrected chi connectivity index (χ2v) is 20.6. The van der Waals surface area contributed by atoms with E-state index in [1.54, 1.807) is 0 Å². The largest absolute Gasteiger partial charge is 0.481 e. The number of phosphoric ester groups is 3. The third kappa shape index (κ3) is 19.9. The van der Waals surface area contributed by atoms with Gasteiger partial charge in [-0.1, -0.05) is 90.3 Å². The fourth-order valence-electron chi connectivity index (χ4n) is 6.12. The van der Waals surface area contributed by atoms with Gasteiger partial charge in [-0.2, -0.15) is 4.31 Å². The number of nitrogen functional groups attached to an aromatic ring is 1. The lowest BCUT2D eigenvalue weighted by atomic mass is 9.87. The fraction of sp³-hybridized carbons (Fsp3) is 0.765. The van der Waals surface area contributed by atoms with Crippen molar-refractivity contribution >= 4 is 69.1 Å². The number of nitrogens with zero attached hydrogens (tertiary/aromatic N) is 4. The van der Waals surface area contributed by atoms with E-state index < -0.39 is 84.6 Å². The van der Waals surface area contributed by atoms with Crippen molar-refractivity contribution in [1.29, 1.82) is 0 Å². The van der Waals surface area contributed by atoms with E-state index in [9.17, 15) is 57.9 Å². The van der Waals surface area contributed by atoms with Crippen molar-refractivity contribution in [2.45, 2.75) is 128 Å². The molecule has 7 unspecified atom stereocenters. The van der Waals surface area contributed by atoms with Crippen molar-refractivity contribution < 1.29 is 80.5 Å². The van der Waals surface area contributed by atoms with Crippen LogP contribution in [0.4, 0.5) is 5.82 Å². The number of amides is 2. The van der Waals surface area contributed by atoms with Crippen LogP contribution in [0.25, 0.3) is 11.2 Å². The van der Waals surface area contributed by atoms with Crippen LogP contribution in [0.5, 0.6) is 0 Å². The second-order valence-electron chi connectivity index (χ2n) is 15.2. The van der Waals surface area contributed by atoms with Crippen LogP contribution >= 0.6 is 35.2 Å². The molecule has 3 heterocycles. The van der Waals surface area contributed by atoms with Crippen molar-refractivity contribution in [3.63, 3.8) is 0 Å². The molecule has 63 heavy (non-hydrogen) atoms. The first kappa shape index (κ1) is 56.6. The molecule has 13 N–H and O–H groups in total. The summed E-state index contributed by atoms with van der Waals surface area (Å²) >= 11 is 1.15. The van der Waals surface area contributed by atoms with E-state index in [1.165, 1.54) is 58.8 Å². The Bertz CT molecular complexity index is 1910. The Kier molecular flexibility index (Phi) is 23.9. The predicted molar refractivity (Wildman–Crippen MR) is 229 cm³/mol. The Balaban J connectivity index is 0.0000137. The van der Waals surface area contributed by atoms with E-state index in [0.29, 0.717) is 12.2 Å². The predicted octanol–water partition coefficient (Wildman–Crippen LogP) is 3.14. The molecule has 362 valence electrons. The number of phosphoric acid groups is 3. The summed E-state index contributed by atoms with van der Waals surface area (Å²) in [6.45, 7) is 2.78. The Morgan fingerprint density at radius 2 is 1.54 bits per heavy atom. The Hall–Kier alpha value is -2.48. The maximum Gasteiger partial charge on any atom is 0.481 e. The molecule has 2 amide bonds. The summed E-state index contributed by atoms with van der Waals surface area (Å²) in [5, 5.41) is 26.6. The van der Waals surface area contributed by atoms with Gasteiger partial charge in [0.25, 0.3) is 0 Å². The van der Waals surface area contributed by atoms with Gasteiger partial charge in [-0.25, -0.2) is 28.6 Å². The van der Waals surface area contributed by atoms with Gasteiger partial charge in [0, 0.05) is 37.1 Å². The second kappa shape index (κ2) is 26.6. The number of fused-ring (bicyclic) bond motifs is 1. The first-order valence-electron chi connectivity index (χ1n) is 20.1. The molecule has 0 bridgehead atoms. The molecule has 1 saturated heterocycles. The van der Waals surface area contributed by atoms with Crippen molar-refractivity contribution in [2.24, 2.45) is 5.41 Å². The average molecular weight is 981 g/mol. The number of unbranched alkanes of at least 4 members (excludes halogenated alkanes) is 9. The standard InChI is InChI=1S/C34H60N7O17P3S.H3N/c1-4-5-6-7-8-9-10-11-12-13-14-25(43)62-18-17-36-24(42)15-16-37-32(46)29(45)34(2,3)20-55-61(52,53)58-60(50,51)54-19-23-28(57-59(47,48)49)27(44)33(56-23)41-22-40-26-30(35)38-21-39-31(26)41;/h21-23,27-29,33,44-45H,4-20H2,1-3H3,(H,36,42)(H,37,46)(H,50,51)(H,52,53)(H2,35,38,39)(H2,47,48,49);1H3. The summed E-state index contributed by atoms with van der Waals surface area (Å²) in [4.78, 5) is 88.1. The van der Waals surface area contributed by atoms with Crippen LogP contribution in [0, 0.1) is 5.41 Å². The molecule has 0 radical (unpaired) electrons. The Labute approximate surface area is 369 Å². The van der Waals surface area contributed by atoms with Gasteiger partial charge in [0.15, 0.2) is 22.8 Å². The summed E-state index contributed by atoms with van der Waals surface area (Å²) in [6, 6.07) is 0. The molecule has 29 heteroatoms. The number of rotatable bonds is 30. The van der Waals surface area contributed by atoms with Crippen LogP contribution in [0.3, 0.4) is 0 Å². The molecule has 7 atom stereocenters. The summed E-state index contributed by atoms with van der Waals surface area (Å²) < 4.78 is 62.3. The van der Waals surface area contributed by atoms with E-state index in [4.69, 9.17) is 19.5 Å². The lowest BCUT2D eigenvalue weighted by molar-refractivity contribution is -0.137. The number of imidazole rings is 1. The van der Waals surface area contributed by atoms with Gasteiger partial charge in [0.1, 0.15) is 36.3 Å². The van der Waals surface area contributed by atoms with Gasteiger partial charge in [-0.15, -0.1) is 0 Å². The number of ether oxygens (including phenoxy) is 1. The highest BCUT2D eigenvalue weighted by Gasteiger charge is 2.50. The van der Waals surface area contributed by atoms with Crippen molar-refractivity contribution in [2.75, 3.05) is 37.8 Å². The molecule has 0 saturated carbocycles. The fourth-order valence-corrected chi connectivity index (χ4v) is 9.67. The van der Waals surface area contributed by atoms with E-state index >= 15 is 0 Å². The molecule has 2 aromatic heterocycles. The summed E-state index contributed by atoms with van der Waals surface area (Å²) in [6.07, 6.45) is 5.38. The third-order valence-corrected chi connectivity index (χ3v) is 13.5. The zero-order valence-corrected chi connectivity index (χ0v) is 39.1. The molecule has 0 spiro atoms. The number of nitrogens with two attached hydrogens (primary N) is 1. The van der Waals surface area contributed by atoms with E-state index in [-0.39, 0.29) is 47.8 Å². The molecule has 1 aliphatic rings. The zero-order valence-electron chi connectivity index (χ0n) is 35.6. The molecule has 2 aromatic rings. The number of anilines is 1. The molecule has 1 fully saturated rings. The number of aliphatic hydroxyl groups is 2. The minimum Gasteiger partial charge on any atom is -0.386 e. The van der Waals surface area contributed by atoms with Crippen LogP contribution in [-0.4, -0.2) is 123 Å². The molecule has 25 nitrogen and oxygen atoms in total. The number of hydrogen-bond donors (Lipinski definition) is 10. The lowest BCUT2D eigenvalue weighted by Gasteiger charge is -2.30.